The van der Waals surface area contributed by atoms with Crippen LogP contribution in [-0.2, 0) is 0 Å². The van der Waals surface area contributed by atoms with Gasteiger partial charge < -0.3 is 10.2 Å². The summed E-state index contributed by atoms with van der Waals surface area (Å²) in [7, 11) is 0. The van der Waals surface area contributed by atoms with Gasteiger partial charge >= 0.3 is 0 Å². The lowest BCUT2D eigenvalue weighted by Gasteiger charge is -1.90. The maximum Gasteiger partial charge on any atom is 0.230 e. The van der Waals surface area contributed by atoms with Crippen molar-refractivity contribution in [1.29, 1.82) is 0 Å². The number of benzene rings is 1. The molecule has 3 nitrogen and oxygen atoms in total. The van der Waals surface area contributed by atoms with Crippen molar-refractivity contribution < 1.29 is 4.42 Å². The van der Waals surface area contributed by atoms with Gasteiger partial charge in [-0.1, -0.05) is 12.1 Å². The summed E-state index contributed by atoms with van der Waals surface area (Å²) in [6.07, 6.45) is 0. The Labute approximate surface area is 96.5 Å². The lowest BCUT2D eigenvalue weighted by molar-refractivity contribution is 0.620. The summed E-state index contributed by atoms with van der Waals surface area (Å²) < 4.78 is 5.69. The van der Waals surface area contributed by atoms with Crippen molar-refractivity contribution >= 4 is 27.4 Å². The summed E-state index contributed by atoms with van der Waals surface area (Å²) in [5, 5.41) is 2.68. The van der Waals surface area contributed by atoms with Crippen LogP contribution < -0.4 is 5.73 Å². The Bertz CT molecular complexity index is 654. The number of fused-ring (bicyclic) bond motifs is 1. The van der Waals surface area contributed by atoms with E-state index in [9.17, 15) is 0 Å². The molecule has 1 aromatic carbocycles. The van der Waals surface area contributed by atoms with Crippen LogP contribution in [0.15, 0.2) is 34.1 Å². The van der Waals surface area contributed by atoms with Gasteiger partial charge in [0.1, 0.15) is 5.52 Å². The van der Waals surface area contributed by atoms with Crippen LogP contribution in [0.2, 0.25) is 0 Å². The molecule has 0 saturated carbocycles. The molecule has 4 heteroatoms. The number of anilines is 1. The molecule has 0 atom stereocenters. The number of thiophene rings is 1. The van der Waals surface area contributed by atoms with Gasteiger partial charge in [-0.15, -0.1) is 11.3 Å². The highest BCUT2D eigenvalue weighted by atomic mass is 32.1. The van der Waals surface area contributed by atoms with Crippen LogP contribution in [0.5, 0.6) is 0 Å². The largest absolute Gasteiger partial charge is 0.436 e. The summed E-state index contributed by atoms with van der Waals surface area (Å²) in [4.78, 5) is 4.48. The highest BCUT2D eigenvalue weighted by Crippen LogP contribution is 2.32. The lowest BCUT2D eigenvalue weighted by atomic mass is 10.2. The van der Waals surface area contributed by atoms with Gasteiger partial charge in [0.15, 0.2) is 5.58 Å². The predicted octanol–water partition coefficient (Wildman–Crippen LogP) is 3.45. The van der Waals surface area contributed by atoms with Crippen molar-refractivity contribution in [3.8, 4) is 11.5 Å². The van der Waals surface area contributed by atoms with E-state index in [2.05, 4.69) is 4.98 Å². The average Bonchev–Trinajstić information content (AvgIpc) is 2.84. The molecular formula is C12H10N2OS. The molecule has 2 aromatic heterocycles. The molecule has 3 aromatic rings. The molecule has 3 rings (SSSR count). The summed E-state index contributed by atoms with van der Waals surface area (Å²) in [5.41, 5.74) is 9.55. The van der Waals surface area contributed by atoms with Gasteiger partial charge in [0.25, 0.3) is 0 Å². The fourth-order valence-corrected chi connectivity index (χ4v) is 2.33. The minimum absolute atomic E-state index is 0.600. The number of rotatable bonds is 1. The van der Waals surface area contributed by atoms with E-state index in [1.165, 1.54) is 11.3 Å². The van der Waals surface area contributed by atoms with E-state index in [-0.39, 0.29) is 0 Å². The van der Waals surface area contributed by atoms with Crippen molar-refractivity contribution in [3.05, 3.63) is 35.2 Å². The Kier molecular flexibility index (Phi) is 1.97. The van der Waals surface area contributed by atoms with Gasteiger partial charge in [-0.3, -0.25) is 0 Å². The summed E-state index contributed by atoms with van der Waals surface area (Å²) in [6, 6.07) is 7.83. The van der Waals surface area contributed by atoms with Crippen molar-refractivity contribution in [2.45, 2.75) is 6.92 Å². The first-order valence-electron chi connectivity index (χ1n) is 4.95. The fraction of sp³-hybridized carbons (Fsp3) is 0.0833. The van der Waals surface area contributed by atoms with E-state index >= 15 is 0 Å². The SMILES string of the molecule is Cc1cccc2oc(-c3ccsc3N)nc12. The molecule has 2 N–H and O–H groups in total. The molecule has 0 bridgehead atoms. The van der Waals surface area contributed by atoms with Crippen LogP contribution in [0.1, 0.15) is 5.56 Å². The van der Waals surface area contributed by atoms with Crippen molar-refractivity contribution in [3.63, 3.8) is 0 Å². The summed E-state index contributed by atoms with van der Waals surface area (Å²) >= 11 is 1.49. The normalized spacial score (nSPS) is 11.1. The van der Waals surface area contributed by atoms with Crippen molar-refractivity contribution in [1.82, 2.24) is 4.98 Å². The summed E-state index contributed by atoms with van der Waals surface area (Å²) in [5.74, 6) is 0.600. The zero-order chi connectivity index (χ0) is 11.1. The van der Waals surface area contributed by atoms with Crippen LogP contribution >= 0.6 is 11.3 Å². The minimum atomic E-state index is 0.600. The van der Waals surface area contributed by atoms with Crippen LogP contribution in [0, 0.1) is 6.92 Å². The molecule has 0 radical (unpaired) electrons. The second-order valence-electron chi connectivity index (χ2n) is 3.64. The highest BCUT2D eigenvalue weighted by Gasteiger charge is 2.12. The first-order valence-corrected chi connectivity index (χ1v) is 5.83. The van der Waals surface area contributed by atoms with Crippen molar-refractivity contribution in [2.75, 3.05) is 5.73 Å². The Balaban J connectivity index is 2.27. The molecule has 0 saturated heterocycles. The molecule has 0 aliphatic heterocycles. The van der Waals surface area contributed by atoms with Gasteiger partial charge in [-0.25, -0.2) is 4.98 Å². The molecule has 0 spiro atoms. The Morgan fingerprint density at radius 3 is 2.88 bits per heavy atom. The Hall–Kier alpha value is -1.81. The Morgan fingerprint density at radius 1 is 1.31 bits per heavy atom. The maximum absolute atomic E-state index is 5.85. The van der Waals surface area contributed by atoms with E-state index in [0.717, 1.165) is 27.2 Å². The third-order valence-corrected chi connectivity index (χ3v) is 3.29. The number of aryl methyl sites for hydroxylation is 1. The highest BCUT2D eigenvalue weighted by molar-refractivity contribution is 7.14. The third kappa shape index (κ3) is 1.31. The lowest BCUT2D eigenvalue weighted by Crippen LogP contribution is -1.83. The molecule has 80 valence electrons. The number of para-hydroxylation sites is 1. The smallest absolute Gasteiger partial charge is 0.230 e. The fourth-order valence-electron chi connectivity index (χ4n) is 1.70. The van der Waals surface area contributed by atoms with Crippen LogP contribution in [0.3, 0.4) is 0 Å². The second kappa shape index (κ2) is 3.35. The molecule has 0 fully saturated rings. The Morgan fingerprint density at radius 2 is 2.19 bits per heavy atom. The van der Waals surface area contributed by atoms with Gasteiger partial charge in [-0.2, -0.15) is 0 Å². The minimum Gasteiger partial charge on any atom is -0.436 e. The standard InChI is InChI=1S/C12H10N2OS/c1-7-3-2-4-9-10(7)14-12(15-9)8-5-6-16-11(8)13/h2-6H,13H2,1H3. The second-order valence-corrected chi connectivity index (χ2v) is 4.59. The van der Waals surface area contributed by atoms with Gasteiger partial charge in [0.05, 0.1) is 10.6 Å². The van der Waals surface area contributed by atoms with Gasteiger partial charge in [0, 0.05) is 0 Å². The summed E-state index contributed by atoms with van der Waals surface area (Å²) in [6.45, 7) is 2.02. The van der Waals surface area contributed by atoms with E-state index in [0.29, 0.717) is 5.89 Å². The topological polar surface area (TPSA) is 52.0 Å². The van der Waals surface area contributed by atoms with E-state index in [1.54, 1.807) is 0 Å². The average molecular weight is 230 g/mol. The first kappa shape index (κ1) is 9.42. The number of hydrogen-bond acceptors (Lipinski definition) is 4. The van der Waals surface area contributed by atoms with Crippen molar-refractivity contribution in [2.24, 2.45) is 0 Å². The van der Waals surface area contributed by atoms with Crippen LogP contribution in [-0.4, -0.2) is 4.98 Å². The molecule has 0 unspecified atom stereocenters. The molecular weight excluding hydrogens is 220 g/mol. The number of oxazole rings is 1. The predicted molar refractivity (Wildman–Crippen MR) is 66.5 cm³/mol. The maximum atomic E-state index is 5.85. The van der Waals surface area contributed by atoms with E-state index < -0.39 is 0 Å². The zero-order valence-corrected chi connectivity index (χ0v) is 9.54. The molecule has 0 aliphatic carbocycles. The number of nitrogens with two attached hydrogens (primary N) is 1. The zero-order valence-electron chi connectivity index (χ0n) is 8.73. The number of nitrogens with zero attached hydrogens (tertiary/aromatic N) is 1. The van der Waals surface area contributed by atoms with Crippen LogP contribution in [0.25, 0.3) is 22.6 Å². The quantitative estimate of drug-likeness (QED) is 0.696. The number of hydrogen-bond donors (Lipinski definition) is 1. The molecule has 16 heavy (non-hydrogen) atoms. The molecule has 0 amide bonds. The van der Waals surface area contributed by atoms with Crippen LogP contribution in [0.4, 0.5) is 5.00 Å². The number of nitrogen functional groups attached to an aromatic ring is 1. The van der Waals surface area contributed by atoms with Gasteiger partial charge in [-0.05, 0) is 30.0 Å². The number of aromatic nitrogens is 1. The monoisotopic (exact) mass is 230 g/mol. The molecule has 2 heterocycles. The van der Waals surface area contributed by atoms with E-state index in [1.807, 2.05) is 36.6 Å². The van der Waals surface area contributed by atoms with E-state index in [4.69, 9.17) is 10.2 Å². The molecule has 0 aliphatic rings. The third-order valence-electron chi connectivity index (χ3n) is 2.55. The van der Waals surface area contributed by atoms with Gasteiger partial charge in [0.2, 0.25) is 5.89 Å². The first-order chi connectivity index (χ1) is 7.75.